The summed E-state index contributed by atoms with van der Waals surface area (Å²) >= 11 is 0. The summed E-state index contributed by atoms with van der Waals surface area (Å²) in [4.78, 5) is 20.4. The van der Waals surface area contributed by atoms with Gasteiger partial charge in [0.05, 0.1) is 16.2 Å². The number of benzene rings is 1. The maximum atomic E-state index is 12.2. The molecule has 0 amide bonds. The van der Waals surface area contributed by atoms with Crippen molar-refractivity contribution in [1.29, 1.82) is 0 Å². The number of nitrogens with zero attached hydrogens (tertiary/aromatic N) is 2. The van der Waals surface area contributed by atoms with Gasteiger partial charge in [-0.1, -0.05) is 0 Å². The standard InChI is InChI=1S/C11H14N2O6S/c1-8(7-11(14)15)12(2)20(18,19)10-5-3-9(4-6-10)13(16)17/h3-6,8H,7H2,1-2H3,(H,14,15)/t8-/m0/s1. The van der Waals surface area contributed by atoms with Crippen molar-refractivity contribution >= 4 is 21.7 Å². The third-order valence-corrected chi connectivity index (χ3v) is 4.80. The molecule has 1 rings (SSSR count). The normalized spacial score (nSPS) is 13.2. The minimum atomic E-state index is -3.88. The Kier molecular flexibility index (Phi) is 4.79. The summed E-state index contributed by atoms with van der Waals surface area (Å²) in [5, 5.41) is 19.2. The molecule has 0 aromatic heterocycles. The van der Waals surface area contributed by atoms with E-state index in [1.54, 1.807) is 0 Å². The van der Waals surface area contributed by atoms with E-state index in [4.69, 9.17) is 5.11 Å². The molecule has 0 aliphatic rings. The number of hydrogen-bond donors (Lipinski definition) is 1. The first-order valence-electron chi connectivity index (χ1n) is 5.60. The molecule has 0 fully saturated rings. The average molecular weight is 302 g/mol. The maximum Gasteiger partial charge on any atom is 0.304 e. The van der Waals surface area contributed by atoms with Crippen molar-refractivity contribution < 1.29 is 23.2 Å². The van der Waals surface area contributed by atoms with Crippen molar-refractivity contribution in [2.24, 2.45) is 0 Å². The SMILES string of the molecule is C[C@@H](CC(=O)O)N(C)S(=O)(=O)c1ccc([N+](=O)[O-])cc1. The fraction of sp³-hybridized carbons (Fsp3) is 0.364. The fourth-order valence-electron chi connectivity index (χ4n) is 1.52. The molecule has 0 saturated carbocycles. The summed E-state index contributed by atoms with van der Waals surface area (Å²) in [7, 11) is -2.61. The van der Waals surface area contributed by atoms with Crippen LogP contribution in [0.15, 0.2) is 29.2 Å². The van der Waals surface area contributed by atoms with Gasteiger partial charge in [-0.3, -0.25) is 14.9 Å². The molecule has 0 spiro atoms. The Morgan fingerprint density at radius 2 is 1.90 bits per heavy atom. The highest BCUT2D eigenvalue weighted by molar-refractivity contribution is 7.89. The Hall–Kier alpha value is -2.00. The Balaban J connectivity index is 3.03. The zero-order valence-electron chi connectivity index (χ0n) is 10.9. The lowest BCUT2D eigenvalue weighted by Gasteiger charge is -2.22. The largest absolute Gasteiger partial charge is 0.481 e. The van der Waals surface area contributed by atoms with E-state index in [1.807, 2.05) is 0 Å². The molecule has 20 heavy (non-hydrogen) atoms. The van der Waals surface area contributed by atoms with Crippen molar-refractivity contribution in [3.05, 3.63) is 34.4 Å². The van der Waals surface area contributed by atoms with E-state index in [-0.39, 0.29) is 17.0 Å². The van der Waals surface area contributed by atoms with Gasteiger partial charge < -0.3 is 5.11 Å². The van der Waals surface area contributed by atoms with Gasteiger partial charge in [-0.25, -0.2) is 8.42 Å². The molecule has 9 heteroatoms. The summed E-state index contributed by atoms with van der Waals surface area (Å²) < 4.78 is 25.3. The van der Waals surface area contributed by atoms with Gasteiger partial charge in [0.25, 0.3) is 5.69 Å². The highest BCUT2D eigenvalue weighted by Gasteiger charge is 2.27. The van der Waals surface area contributed by atoms with E-state index in [0.717, 1.165) is 28.6 Å². The number of nitro benzene ring substituents is 1. The molecule has 8 nitrogen and oxygen atoms in total. The second-order valence-electron chi connectivity index (χ2n) is 4.22. The van der Waals surface area contributed by atoms with Crippen LogP contribution in [0.25, 0.3) is 0 Å². The van der Waals surface area contributed by atoms with Gasteiger partial charge in [-0.15, -0.1) is 0 Å². The minimum Gasteiger partial charge on any atom is -0.481 e. The molecular formula is C11H14N2O6S. The molecule has 1 aromatic rings. The topological polar surface area (TPSA) is 118 Å². The van der Waals surface area contributed by atoms with Crippen molar-refractivity contribution in [1.82, 2.24) is 4.31 Å². The molecule has 1 atom stereocenters. The van der Waals surface area contributed by atoms with Crippen LogP contribution in [0, 0.1) is 10.1 Å². The van der Waals surface area contributed by atoms with Crippen LogP contribution in [0.1, 0.15) is 13.3 Å². The summed E-state index contributed by atoms with van der Waals surface area (Å²) in [6.45, 7) is 1.47. The third kappa shape index (κ3) is 3.52. The number of nitro groups is 1. The lowest BCUT2D eigenvalue weighted by Crippen LogP contribution is -2.36. The summed E-state index contributed by atoms with van der Waals surface area (Å²) in [6.07, 6.45) is -0.331. The maximum absolute atomic E-state index is 12.2. The molecule has 0 heterocycles. The van der Waals surface area contributed by atoms with Gasteiger partial charge in [0.1, 0.15) is 0 Å². The second-order valence-corrected chi connectivity index (χ2v) is 6.22. The number of carboxylic acids is 1. The van der Waals surface area contributed by atoms with Crippen molar-refractivity contribution in [3.8, 4) is 0 Å². The van der Waals surface area contributed by atoms with Crippen LogP contribution in [-0.2, 0) is 14.8 Å². The number of sulfonamides is 1. The Bertz CT molecular complexity index is 610. The average Bonchev–Trinajstić information content (AvgIpc) is 2.37. The van der Waals surface area contributed by atoms with Crippen LogP contribution in [0.4, 0.5) is 5.69 Å². The van der Waals surface area contributed by atoms with Crippen molar-refractivity contribution in [3.63, 3.8) is 0 Å². The van der Waals surface area contributed by atoms with Gasteiger partial charge in [0.2, 0.25) is 10.0 Å². The van der Waals surface area contributed by atoms with E-state index in [1.165, 1.54) is 14.0 Å². The number of hydrogen-bond acceptors (Lipinski definition) is 5. The molecule has 0 aliphatic heterocycles. The van der Waals surface area contributed by atoms with E-state index in [9.17, 15) is 23.3 Å². The first kappa shape index (κ1) is 16.1. The van der Waals surface area contributed by atoms with E-state index in [2.05, 4.69) is 0 Å². The molecule has 0 saturated heterocycles. The van der Waals surface area contributed by atoms with Crippen LogP contribution in [0.2, 0.25) is 0 Å². The summed E-state index contributed by atoms with van der Waals surface area (Å²) in [6, 6.07) is 3.69. The minimum absolute atomic E-state index is 0.122. The Morgan fingerprint density at radius 1 is 1.40 bits per heavy atom. The first-order valence-corrected chi connectivity index (χ1v) is 7.04. The highest BCUT2D eigenvalue weighted by Crippen LogP contribution is 2.20. The van der Waals surface area contributed by atoms with Crippen LogP contribution in [0.5, 0.6) is 0 Å². The van der Waals surface area contributed by atoms with Crippen LogP contribution in [-0.4, -0.2) is 41.8 Å². The molecule has 0 radical (unpaired) electrons. The number of aliphatic carboxylic acids is 1. The predicted molar refractivity (Wildman–Crippen MR) is 69.8 cm³/mol. The number of rotatable bonds is 6. The Labute approximate surface area is 115 Å². The third-order valence-electron chi connectivity index (χ3n) is 2.82. The predicted octanol–water partition coefficient (Wildman–Crippen LogP) is 1.08. The zero-order chi connectivity index (χ0) is 15.5. The summed E-state index contributed by atoms with van der Waals surface area (Å²) in [5.74, 6) is -1.11. The lowest BCUT2D eigenvalue weighted by molar-refractivity contribution is -0.384. The number of carboxylic acid groups (broad SMARTS) is 1. The molecule has 0 aliphatic carbocycles. The van der Waals surface area contributed by atoms with Crippen molar-refractivity contribution in [2.75, 3.05) is 7.05 Å². The molecule has 1 N–H and O–H groups in total. The highest BCUT2D eigenvalue weighted by atomic mass is 32.2. The van der Waals surface area contributed by atoms with E-state index in [0.29, 0.717) is 0 Å². The quantitative estimate of drug-likeness (QED) is 0.620. The Morgan fingerprint density at radius 3 is 2.30 bits per heavy atom. The number of carbonyl (C=O) groups is 1. The molecule has 1 aromatic carbocycles. The smallest absolute Gasteiger partial charge is 0.304 e. The molecule has 0 bridgehead atoms. The van der Waals surface area contributed by atoms with E-state index < -0.39 is 27.0 Å². The van der Waals surface area contributed by atoms with E-state index >= 15 is 0 Å². The molecular weight excluding hydrogens is 288 g/mol. The number of non-ortho nitro benzene ring substituents is 1. The van der Waals surface area contributed by atoms with Gasteiger partial charge in [0, 0.05) is 25.2 Å². The lowest BCUT2D eigenvalue weighted by atomic mass is 10.2. The van der Waals surface area contributed by atoms with Crippen LogP contribution >= 0.6 is 0 Å². The molecule has 0 unspecified atom stereocenters. The zero-order valence-corrected chi connectivity index (χ0v) is 11.7. The van der Waals surface area contributed by atoms with Gasteiger partial charge in [0.15, 0.2) is 0 Å². The van der Waals surface area contributed by atoms with Gasteiger partial charge in [-0.05, 0) is 19.1 Å². The summed E-state index contributed by atoms with van der Waals surface area (Å²) in [5.41, 5.74) is -0.217. The van der Waals surface area contributed by atoms with Gasteiger partial charge >= 0.3 is 5.97 Å². The van der Waals surface area contributed by atoms with Crippen LogP contribution < -0.4 is 0 Å². The van der Waals surface area contributed by atoms with Gasteiger partial charge in [-0.2, -0.15) is 4.31 Å². The monoisotopic (exact) mass is 302 g/mol. The fourth-order valence-corrected chi connectivity index (χ4v) is 2.89. The molecule has 110 valence electrons. The van der Waals surface area contributed by atoms with Crippen molar-refractivity contribution in [2.45, 2.75) is 24.3 Å². The second kappa shape index (κ2) is 5.97. The first-order chi connectivity index (χ1) is 9.16. The van der Waals surface area contributed by atoms with Crippen LogP contribution in [0.3, 0.4) is 0 Å².